The quantitative estimate of drug-likeness (QED) is 0.690. The zero-order valence-electron chi connectivity index (χ0n) is 14.5. The van der Waals surface area contributed by atoms with Crippen molar-refractivity contribution in [2.24, 2.45) is 10.9 Å². The minimum absolute atomic E-state index is 0.172. The summed E-state index contributed by atoms with van der Waals surface area (Å²) in [6.45, 7) is 4.18. The summed E-state index contributed by atoms with van der Waals surface area (Å²) < 4.78 is 6.37. The van der Waals surface area contributed by atoms with Crippen molar-refractivity contribution in [3.63, 3.8) is 0 Å². The van der Waals surface area contributed by atoms with Crippen molar-refractivity contribution >= 4 is 33.4 Å². The van der Waals surface area contributed by atoms with E-state index in [1.54, 1.807) is 0 Å². The van der Waals surface area contributed by atoms with Gasteiger partial charge in [-0.05, 0) is 43.9 Å². The summed E-state index contributed by atoms with van der Waals surface area (Å²) in [7, 11) is 0. The van der Waals surface area contributed by atoms with Gasteiger partial charge in [0.15, 0.2) is 0 Å². The topological polar surface area (TPSA) is 55.7 Å². The number of carbonyl (C=O) groups excluding carboxylic acids is 2. The van der Waals surface area contributed by atoms with Crippen LogP contribution in [-0.4, -0.2) is 24.1 Å². The van der Waals surface area contributed by atoms with Gasteiger partial charge in [-0.25, -0.2) is 4.79 Å². The van der Waals surface area contributed by atoms with Gasteiger partial charge in [0.1, 0.15) is 5.78 Å². The Kier molecular flexibility index (Phi) is 5.52. The van der Waals surface area contributed by atoms with Crippen molar-refractivity contribution in [1.82, 2.24) is 0 Å². The van der Waals surface area contributed by atoms with Gasteiger partial charge < -0.3 is 4.74 Å². The van der Waals surface area contributed by atoms with Crippen LogP contribution in [0.25, 0.3) is 0 Å². The maximum atomic E-state index is 12.7. The normalized spacial score (nSPS) is 23.2. The van der Waals surface area contributed by atoms with E-state index in [9.17, 15) is 9.59 Å². The molecule has 0 bridgehead atoms. The summed E-state index contributed by atoms with van der Waals surface area (Å²) in [5, 5.41) is 0. The van der Waals surface area contributed by atoms with E-state index in [0.717, 1.165) is 35.0 Å². The number of benzene rings is 1. The zero-order chi connectivity index (χ0) is 18.0. The molecule has 0 radical (unpaired) electrons. The van der Waals surface area contributed by atoms with Gasteiger partial charge in [-0.3, -0.25) is 9.79 Å². The summed E-state index contributed by atoms with van der Waals surface area (Å²) in [6, 6.07) is 7.83. The molecule has 0 aromatic heterocycles. The molecule has 3 rings (SSSR count). The van der Waals surface area contributed by atoms with Crippen molar-refractivity contribution in [3.8, 4) is 0 Å². The van der Waals surface area contributed by atoms with Crippen molar-refractivity contribution < 1.29 is 14.3 Å². The van der Waals surface area contributed by atoms with Gasteiger partial charge in [0, 0.05) is 28.2 Å². The lowest BCUT2D eigenvalue weighted by atomic mass is 9.69. The molecule has 5 heteroatoms. The van der Waals surface area contributed by atoms with Crippen LogP contribution >= 0.6 is 15.9 Å². The standard InChI is InChI=1S/C20H22BrNO3/c1-3-11-25-20(24)17-12(2)22-15-5-4-6-16(23)19(15)18(17)13-7-9-14(21)10-8-13/h7-10,18-19H,3-6,11H2,1-2H3. The molecule has 1 aliphatic heterocycles. The van der Waals surface area contributed by atoms with Gasteiger partial charge in [0.25, 0.3) is 0 Å². The monoisotopic (exact) mass is 403 g/mol. The van der Waals surface area contributed by atoms with E-state index in [0.29, 0.717) is 24.3 Å². The number of ether oxygens (including phenoxy) is 1. The van der Waals surface area contributed by atoms with E-state index >= 15 is 0 Å². The Morgan fingerprint density at radius 2 is 1.96 bits per heavy atom. The number of Topliss-reactive ketones (excluding diaryl/α,β-unsaturated/α-hetero) is 1. The second kappa shape index (κ2) is 7.65. The lowest BCUT2D eigenvalue weighted by Crippen LogP contribution is -2.39. The number of carbonyl (C=O) groups is 2. The number of halogens is 1. The molecule has 1 fully saturated rings. The van der Waals surface area contributed by atoms with Crippen LogP contribution in [-0.2, 0) is 14.3 Å². The van der Waals surface area contributed by atoms with E-state index in [1.807, 2.05) is 38.1 Å². The van der Waals surface area contributed by atoms with E-state index in [4.69, 9.17) is 4.74 Å². The Labute approximate surface area is 156 Å². The Balaban J connectivity index is 2.09. The molecular weight excluding hydrogens is 382 g/mol. The van der Waals surface area contributed by atoms with Crippen molar-refractivity contribution in [3.05, 3.63) is 45.6 Å². The molecule has 2 unspecified atom stereocenters. The summed E-state index contributed by atoms with van der Waals surface area (Å²) in [4.78, 5) is 30.1. The van der Waals surface area contributed by atoms with E-state index in [2.05, 4.69) is 20.9 Å². The fraction of sp³-hybridized carbons (Fsp3) is 0.450. The van der Waals surface area contributed by atoms with Gasteiger partial charge >= 0.3 is 5.97 Å². The fourth-order valence-electron chi connectivity index (χ4n) is 3.69. The Morgan fingerprint density at radius 1 is 1.24 bits per heavy atom. The SMILES string of the molecule is CCCOC(=O)C1=C(C)N=C2CCCC(=O)C2C1c1ccc(Br)cc1. The van der Waals surface area contributed by atoms with Gasteiger partial charge in [-0.15, -0.1) is 0 Å². The Morgan fingerprint density at radius 3 is 2.64 bits per heavy atom. The average Bonchev–Trinajstić information content (AvgIpc) is 2.59. The molecule has 0 N–H and O–H groups in total. The molecule has 132 valence electrons. The first-order valence-corrected chi connectivity index (χ1v) is 9.55. The zero-order valence-corrected chi connectivity index (χ0v) is 16.1. The minimum Gasteiger partial charge on any atom is -0.462 e. The van der Waals surface area contributed by atoms with Crippen LogP contribution in [0.15, 0.2) is 45.0 Å². The third kappa shape index (κ3) is 3.61. The molecule has 1 aliphatic carbocycles. The smallest absolute Gasteiger partial charge is 0.336 e. The molecule has 2 aliphatic rings. The van der Waals surface area contributed by atoms with Crippen molar-refractivity contribution in [2.75, 3.05) is 6.61 Å². The highest BCUT2D eigenvalue weighted by molar-refractivity contribution is 9.10. The Hall–Kier alpha value is -1.75. The van der Waals surface area contributed by atoms with Crippen molar-refractivity contribution in [1.29, 1.82) is 0 Å². The van der Waals surface area contributed by atoms with Crippen molar-refractivity contribution in [2.45, 2.75) is 45.4 Å². The molecule has 25 heavy (non-hydrogen) atoms. The molecule has 4 nitrogen and oxygen atoms in total. The molecular formula is C20H22BrNO3. The van der Waals surface area contributed by atoms with E-state index < -0.39 is 0 Å². The van der Waals surface area contributed by atoms with Crippen LogP contribution in [0.4, 0.5) is 0 Å². The molecule has 1 heterocycles. The lowest BCUT2D eigenvalue weighted by molar-refractivity contribution is -0.139. The molecule has 0 amide bonds. The summed E-state index contributed by atoms with van der Waals surface area (Å²) in [6.07, 6.45) is 2.97. The van der Waals surface area contributed by atoms with Crippen LogP contribution in [0.2, 0.25) is 0 Å². The first-order chi connectivity index (χ1) is 12.0. The fourth-order valence-corrected chi connectivity index (χ4v) is 3.95. The van der Waals surface area contributed by atoms with Crippen LogP contribution in [0, 0.1) is 5.92 Å². The third-order valence-electron chi connectivity index (χ3n) is 4.79. The highest BCUT2D eigenvalue weighted by atomic mass is 79.9. The number of fused-ring (bicyclic) bond motifs is 1. The number of esters is 1. The predicted octanol–water partition coefficient (Wildman–Crippen LogP) is 4.58. The second-order valence-electron chi connectivity index (χ2n) is 6.56. The van der Waals surface area contributed by atoms with Gasteiger partial charge in [0.05, 0.1) is 18.1 Å². The number of allylic oxidation sites excluding steroid dienone is 1. The minimum atomic E-state index is -0.353. The summed E-state index contributed by atoms with van der Waals surface area (Å²) in [5.41, 5.74) is 3.07. The molecule has 1 aromatic carbocycles. The third-order valence-corrected chi connectivity index (χ3v) is 5.32. The average molecular weight is 404 g/mol. The maximum Gasteiger partial charge on any atom is 0.336 e. The van der Waals surface area contributed by atoms with Crippen LogP contribution in [0.5, 0.6) is 0 Å². The first-order valence-electron chi connectivity index (χ1n) is 8.76. The molecule has 1 aromatic rings. The van der Waals surface area contributed by atoms with E-state index in [-0.39, 0.29) is 23.6 Å². The number of nitrogens with zero attached hydrogens (tertiary/aromatic N) is 1. The summed E-state index contributed by atoms with van der Waals surface area (Å²) in [5.74, 6) is -0.833. The van der Waals surface area contributed by atoms with Crippen LogP contribution in [0.1, 0.15) is 51.0 Å². The summed E-state index contributed by atoms with van der Waals surface area (Å²) >= 11 is 3.45. The lowest BCUT2D eigenvalue weighted by Gasteiger charge is -2.35. The van der Waals surface area contributed by atoms with E-state index in [1.165, 1.54) is 0 Å². The number of ketones is 1. The largest absolute Gasteiger partial charge is 0.462 e. The van der Waals surface area contributed by atoms with Gasteiger partial charge in [0.2, 0.25) is 0 Å². The second-order valence-corrected chi connectivity index (χ2v) is 7.48. The maximum absolute atomic E-state index is 12.7. The molecule has 0 spiro atoms. The van der Waals surface area contributed by atoms with Crippen LogP contribution in [0.3, 0.4) is 0 Å². The number of rotatable bonds is 4. The van der Waals surface area contributed by atoms with Crippen LogP contribution < -0.4 is 0 Å². The Bertz CT molecular complexity index is 749. The van der Waals surface area contributed by atoms with Gasteiger partial charge in [-0.2, -0.15) is 0 Å². The molecule has 1 saturated carbocycles. The highest BCUT2D eigenvalue weighted by Crippen LogP contribution is 2.43. The highest BCUT2D eigenvalue weighted by Gasteiger charge is 2.43. The predicted molar refractivity (Wildman–Crippen MR) is 101 cm³/mol. The van der Waals surface area contributed by atoms with Gasteiger partial charge in [-0.1, -0.05) is 35.0 Å². The number of hydrogen-bond donors (Lipinski definition) is 0. The number of aliphatic imine (C=N–C) groups is 1. The number of hydrogen-bond acceptors (Lipinski definition) is 4. The molecule has 0 saturated heterocycles. The molecule has 2 atom stereocenters. The first kappa shape index (κ1) is 18.1.